The summed E-state index contributed by atoms with van der Waals surface area (Å²) in [7, 11) is 0. The van der Waals surface area contributed by atoms with Gasteiger partial charge in [0, 0.05) is 17.7 Å². The Hall–Kier alpha value is -2.14. The fourth-order valence-corrected chi connectivity index (χ4v) is 4.84. The maximum Gasteiger partial charge on any atom is 0.222 e. The summed E-state index contributed by atoms with van der Waals surface area (Å²) < 4.78 is 0. The molecule has 0 unspecified atom stereocenters. The fourth-order valence-electron chi connectivity index (χ4n) is 4.84. The molecule has 144 valence electrons. The number of benzene rings is 1. The molecule has 5 N–H and O–H groups in total. The number of anilines is 2. The number of aromatic nitrogens is 2. The van der Waals surface area contributed by atoms with Crippen LogP contribution in [0.1, 0.15) is 56.1 Å². The standard InChI is InChI=1S/C22H31N5/c23-15-22(11-4-1-5-12-22)13-14-25-20-18-10-6-8-16-7-2-3-9-17(16)19(18)26-21(24)27-20/h2-3,7,9H,1,4-6,8,10-15,23H2,(H3,24,25,26,27). The molecule has 1 aromatic heterocycles. The van der Waals surface area contributed by atoms with E-state index in [2.05, 4.69) is 39.6 Å². The van der Waals surface area contributed by atoms with Crippen LogP contribution in [0.25, 0.3) is 11.3 Å². The van der Waals surface area contributed by atoms with Crippen LogP contribution in [-0.2, 0) is 12.8 Å². The SMILES string of the molecule is NCC1(CCNc2nc(N)nc3c2CCCc2ccccc2-3)CCCCC1. The van der Waals surface area contributed by atoms with Gasteiger partial charge in [-0.15, -0.1) is 0 Å². The second-order valence-electron chi connectivity index (χ2n) is 8.21. The van der Waals surface area contributed by atoms with E-state index in [9.17, 15) is 0 Å². The van der Waals surface area contributed by atoms with Crippen LogP contribution in [0.5, 0.6) is 0 Å². The highest BCUT2D eigenvalue weighted by atomic mass is 15.1. The number of fused-ring (bicyclic) bond motifs is 3. The van der Waals surface area contributed by atoms with Gasteiger partial charge in [0.15, 0.2) is 0 Å². The van der Waals surface area contributed by atoms with Crippen molar-refractivity contribution in [2.45, 2.75) is 57.8 Å². The van der Waals surface area contributed by atoms with Crippen LogP contribution in [0.3, 0.4) is 0 Å². The van der Waals surface area contributed by atoms with E-state index in [1.165, 1.54) is 48.8 Å². The summed E-state index contributed by atoms with van der Waals surface area (Å²) in [5.41, 5.74) is 17.3. The molecule has 1 saturated carbocycles. The van der Waals surface area contributed by atoms with Crippen molar-refractivity contribution in [2.24, 2.45) is 11.1 Å². The van der Waals surface area contributed by atoms with Crippen LogP contribution in [-0.4, -0.2) is 23.1 Å². The van der Waals surface area contributed by atoms with Crippen LogP contribution >= 0.6 is 0 Å². The average Bonchev–Trinajstić information content (AvgIpc) is 2.88. The van der Waals surface area contributed by atoms with Gasteiger partial charge in [0.05, 0.1) is 5.69 Å². The summed E-state index contributed by atoms with van der Waals surface area (Å²) in [4.78, 5) is 9.17. The third kappa shape index (κ3) is 3.79. The van der Waals surface area contributed by atoms with Gasteiger partial charge in [-0.3, -0.25) is 0 Å². The highest BCUT2D eigenvalue weighted by Crippen LogP contribution is 2.39. The Morgan fingerprint density at radius 2 is 1.81 bits per heavy atom. The Kier molecular flexibility index (Phi) is 5.30. The maximum absolute atomic E-state index is 6.15. The van der Waals surface area contributed by atoms with E-state index in [1.807, 2.05) is 0 Å². The molecule has 0 amide bonds. The van der Waals surface area contributed by atoms with Crippen LogP contribution in [0, 0.1) is 5.41 Å². The Morgan fingerprint density at radius 3 is 2.63 bits per heavy atom. The van der Waals surface area contributed by atoms with Crippen molar-refractivity contribution in [3.63, 3.8) is 0 Å². The molecule has 2 aliphatic rings. The van der Waals surface area contributed by atoms with E-state index in [0.29, 0.717) is 11.4 Å². The number of aryl methyl sites for hydroxylation is 1. The molecular formula is C22H31N5. The van der Waals surface area contributed by atoms with Gasteiger partial charge in [0.2, 0.25) is 5.95 Å². The first-order chi connectivity index (χ1) is 13.2. The molecule has 2 aliphatic carbocycles. The molecule has 0 aliphatic heterocycles. The smallest absolute Gasteiger partial charge is 0.222 e. The number of hydrogen-bond acceptors (Lipinski definition) is 5. The van der Waals surface area contributed by atoms with Gasteiger partial charge < -0.3 is 16.8 Å². The number of hydrogen-bond donors (Lipinski definition) is 3. The molecule has 27 heavy (non-hydrogen) atoms. The van der Waals surface area contributed by atoms with Crippen LogP contribution in [0.2, 0.25) is 0 Å². The number of nitrogen functional groups attached to an aromatic ring is 1. The molecule has 0 atom stereocenters. The predicted octanol–water partition coefficient (Wildman–Crippen LogP) is 3.93. The number of nitrogens with two attached hydrogens (primary N) is 2. The third-order valence-electron chi connectivity index (χ3n) is 6.46. The van der Waals surface area contributed by atoms with E-state index in [-0.39, 0.29) is 0 Å². The van der Waals surface area contributed by atoms with Gasteiger partial charge in [-0.2, -0.15) is 4.98 Å². The molecule has 1 fully saturated rings. The summed E-state index contributed by atoms with van der Waals surface area (Å²) in [5, 5.41) is 3.59. The Morgan fingerprint density at radius 1 is 1.00 bits per heavy atom. The first-order valence-corrected chi connectivity index (χ1v) is 10.4. The van der Waals surface area contributed by atoms with Gasteiger partial charge >= 0.3 is 0 Å². The lowest BCUT2D eigenvalue weighted by Gasteiger charge is -2.36. The molecule has 0 bridgehead atoms. The molecule has 0 saturated heterocycles. The van der Waals surface area contributed by atoms with Crippen molar-refractivity contribution in [3.8, 4) is 11.3 Å². The van der Waals surface area contributed by atoms with E-state index in [0.717, 1.165) is 50.3 Å². The van der Waals surface area contributed by atoms with Gasteiger partial charge in [0.25, 0.3) is 0 Å². The number of rotatable bonds is 5. The molecule has 0 spiro atoms. The third-order valence-corrected chi connectivity index (χ3v) is 6.46. The second kappa shape index (κ2) is 7.85. The normalized spacial score (nSPS) is 18.3. The lowest BCUT2D eigenvalue weighted by atomic mass is 9.72. The molecule has 5 nitrogen and oxygen atoms in total. The lowest BCUT2D eigenvalue weighted by molar-refractivity contribution is 0.188. The van der Waals surface area contributed by atoms with E-state index < -0.39 is 0 Å². The molecule has 0 radical (unpaired) electrons. The van der Waals surface area contributed by atoms with Crippen LogP contribution in [0.15, 0.2) is 24.3 Å². The minimum absolute atomic E-state index is 0.299. The zero-order chi connectivity index (χ0) is 18.7. The summed E-state index contributed by atoms with van der Waals surface area (Å²) in [5.74, 6) is 1.26. The first kappa shape index (κ1) is 18.2. The summed E-state index contributed by atoms with van der Waals surface area (Å²) in [6, 6.07) is 8.53. The van der Waals surface area contributed by atoms with Crippen molar-refractivity contribution < 1.29 is 0 Å². The monoisotopic (exact) mass is 365 g/mol. The van der Waals surface area contributed by atoms with Gasteiger partial charge in [-0.05, 0) is 56.0 Å². The topological polar surface area (TPSA) is 89.8 Å². The van der Waals surface area contributed by atoms with Crippen molar-refractivity contribution >= 4 is 11.8 Å². The van der Waals surface area contributed by atoms with Gasteiger partial charge in [-0.25, -0.2) is 4.98 Å². The molecule has 2 aromatic rings. The number of nitrogens with one attached hydrogen (secondary N) is 1. The van der Waals surface area contributed by atoms with Crippen LogP contribution < -0.4 is 16.8 Å². The molecule has 5 heteroatoms. The highest BCUT2D eigenvalue weighted by Gasteiger charge is 2.30. The van der Waals surface area contributed by atoms with Crippen molar-refractivity contribution in [3.05, 3.63) is 35.4 Å². The highest BCUT2D eigenvalue weighted by molar-refractivity contribution is 5.73. The summed E-state index contributed by atoms with van der Waals surface area (Å²) >= 11 is 0. The number of nitrogens with zero attached hydrogens (tertiary/aromatic N) is 2. The van der Waals surface area contributed by atoms with E-state index >= 15 is 0 Å². The summed E-state index contributed by atoms with van der Waals surface area (Å²) in [6.45, 7) is 1.67. The maximum atomic E-state index is 6.15. The van der Waals surface area contributed by atoms with Crippen molar-refractivity contribution in [2.75, 3.05) is 24.1 Å². The second-order valence-corrected chi connectivity index (χ2v) is 8.21. The Labute approximate surface area is 162 Å². The largest absolute Gasteiger partial charge is 0.370 e. The van der Waals surface area contributed by atoms with E-state index in [4.69, 9.17) is 11.5 Å². The first-order valence-electron chi connectivity index (χ1n) is 10.4. The van der Waals surface area contributed by atoms with Crippen LogP contribution in [0.4, 0.5) is 11.8 Å². The molecule has 1 aromatic carbocycles. The quantitative estimate of drug-likeness (QED) is 0.747. The Bertz CT molecular complexity index is 795. The lowest BCUT2D eigenvalue weighted by Crippen LogP contribution is -2.34. The molecular weight excluding hydrogens is 334 g/mol. The molecule has 1 heterocycles. The molecule has 4 rings (SSSR count). The summed E-state index contributed by atoms with van der Waals surface area (Å²) in [6.07, 6.45) is 10.7. The van der Waals surface area contributed by atoms with Gasteiger partial charge in [0.1, 0.15) is 5.82 Å². The minimum atomic E-state index is 0.299. The zero-order valence-corrected chi connectivity index (χ0v) is 16.1. The van der Waals surface area contributed by atoms with E-state index in [1.54, 1.807) is 0 Å². The fraction of sp³-hybridized carbons (Fsp3) is 0.545. The predicted molar refractivity (Wildman–Crippen MR) is 112 cm³/mol. The van der Waals surface area contributed by atoms with Crippen molar-refractivity contribution in [1.29, 1.82) is 0 Å². The zero-order valence-electron chi connectivity index (χ0n) is 16.1. The minimum Gasteiger partial charge on any atom is -0.370 e. The average molecular weight is 366 g/mol. The Balaban J connectivity index is 1.57. The van der Waals surface area contributed by atoms with Gasteiger partial charge in [-0.1, -0.05) is 43.5 Å². The van der Waals surface area contributed by atoms with Crippen molar-refractivity contribution in [1.82, 2.24) is 9.97 Å².